The lowest BCUT2D eigenvalue weighted by molar-refractivity contribution is 0.689. The van der Waals surface area contributed by atoms with Crippen molar-refractivity contribution in [1.82, 2.24) is 19.7 Å². The minimum Gasteiger partial charge on any atom is -0.366 e. The monoisotopic (exact) mass is 267 g/mol. The Morgan fingerprint density at radius 2 is 2.05 bits per heavy atom. The Morgan fingerprint density at radius 1 is 1.20 bits per heavy atom. The molecule has 20 heavy (non-hydrogen) atoms. The van der Waals surface area contributed by atoms with Gasteiger partial charge in [0, 0.05) is 31.4 Å². The number of aromatic nitrogens is 4. The van der Waals surface area contributed by atoms with Crippen molar-refractivity contribution < 1.29 is 0 Å². The second kappa shape index (κ2) is 4.92. The lowest BCUT2D eigenvalue weighted by Gasteiger charge is -2.20. The number of pyridine rings is 1. The maximum Gasteiger partial charge on any atom is 0.146 e. The number of para-hydroxylation sites is 1. The summed E-state index contributed by atoms with van der Waals surface area (Å²) < 4.78 is 1.80. The Morgan fingerprint density at radius 3 is 2.80 bits per heavy atom. The average Bonchev–Trinajstić information content (AvgIpc) is 2.84. The second-order valence-corrected chi connectivity index (χ2v) is 4.96. The van der Waals surface area contributed by atoms with Gasteiger partial charge in [-0.15, -0.1) is 0 Å². The van der Waals surface area contributed by atoms with E-state index in [9.17, 15) is 0 Å². The molecule has 0 atom stereocenters. The topological polar surface area (TPSA) is 46.8 Å². The van der Waals surface area contributed by atoms with E-state index in [0.717, 1.165) is 22.4 Å². The predicted molar refractivity (Wildman–Crippen MR) is 79.6 cm³/mol. The van der Waals surface area contributed by atoms with E-state index < -0.39 is 0 Å². The zero-order valence-electron chi connectivity index (χ0n) is 11.9. The van der Waals surface area contributed by atoms with E-state index in [0.29, 0.717) is 6.54 Å². The number of hydrogen-bond donors (Lipinski definition) is 0. The second-order valence-electron chi connectivity index (χ2n) is 4.96. The number of anilines is 1. The van der Waals surface area contributed by atoms with Gasteiger partial charge in [0.25, 0.3) is 0 Å². The summed E-state index contributed by atoms with van der Waals surface area (Å²) in [6.45, 7) is 2.80. The van der Waals surface area contributed by atoms with Crippen LogP contribution in [0.4, 0.5) is 5.69 Å². The first-order valence-electron chi connectivity index (χ1n) is 6.55. The number of hydrogen-bond acceptors (Lipinski definition) is 4. The molecule has 5 nitrogen and oxygen atoms in total. The van der Waals surface area contributed by atoms with Crippen LogP contribution in [0.15, 0.2) is 36.8 Å². The molecular weight excluding hydrogens is 250 g/mol. The number of rotatable bonds is 3. The molecule has 0 amide bonds. The number of benzene rings is 1. The summed E-state index contributed by atoms with van der Waals surface area (Å²) in [5.41, 5.74) is 3.40. The third kappa shape index (κ3) is 2.11. The molecule has 5 heteroatoms. The van der Waals surface area contributed by atoms with Gasteiger partial charge in [0.05, 0.1) is 12.1 Å². The average molecular weight is 267 g/mol. The molecule has 0 bridgehead atoms. The highest BCUT2D eigenvalue weighted by Crippen LogP contribution is 2.26. The Hall–Kier alpha value is -2.43. The molecule has 0 fully saturated rings. The van der Waals surface area contributed by atoms with Gasteiger partial charge in [-0.05, 0) is 18.6 Å². The van der Waals surface area contributed by atoms with E-state index in [1.54, 1.807) is 11.0 Å². The molecule has 0 spiro atoms. The number of nitrogens with zero attached hydrogens (tertiary/aromatic N) is 5. The van der Waals surface area contributed by atoms with Gasteiger partial charge in [-0.1, -0.05) is 18.2 Å². The SMILES string of the molecule is Cc1cccc2c(N(C)Cc3ncnn3C)ccnc12. The fourth-order valence-electron chi connectivity index (χ4n) is 2.40. The summed E-state index contributed by atoms with van der Waals surface area (Å²) in [6, 6.07) is 8.30. The summed E-state index contributed by atoms with van der Waals surface area (Å²) >= 11 is 0. The third-order valence-corrected chi connectivity index (χ3v) is 3.54. The van der Waals surface area contributed by atoms with E-state index in [-0.39, 0.29) is 0 Å². The molecule has 2 heterocycles. The van der Waals surface area contributed by atoms with E-state index in [1.807, 2.05) is 19.3 Å². The Kier molecular flexibility index (Phi) is 3.10. The van der Waals surface area contributed by atoms with Crippen LogP contribution in [0.2, 0.25) is 0 Å². The van der Waals surface area contributed by atoms with Crippen molar-refractivity contribution in [2.45, 2.75) is 13.5 Å². The lowest BCUT2D eigenvalue weighted by atomic mass is 10.1. The van der Waals surface area contributed by atoms with Crippen molar-refractivity contribution in [3.05, 3.63) is 48.2 Å². The molecule has 1 aromatic carbocycles. The van der Waals surface area contributed by atoms with Gasteiger partial charge >= 0.3 is 0 Å². The van der Waals surface area contributed by atoms with Gasteiger partial charge in [-0.3, -0.25) is 9.67 Å². The quantitative estimate of drug-likeness (QED) is 0.730. The third-order valence-electron chi connectivity index (χ3n) is 3.54. The minimum atomic E-state index is 0.712. The molecule has 0 N–H and O–H groups in total. The zero-order valence-corrected chi connectivity index (χ0v) is 11.9. The van der Waals surface area contributed by atoms with E-state index in [2.05, 4.69) is 52.1 Å². The minimum absolute atomic E-state index is 0.712. The number of fused-ring (bicyclic) bond motifs is 1. The smallest absolute Gasteiger partial charge is 0.146 e. The highest BCUT2D eigenvalue weighted by Gasteiger charge is 2.10. The molecule has 0 aliphatic heterocycles. The molecule has 0 radical (unpaired) electrons. The fraction of sp³-hybridized carbons (Fsp3) is 0.267. The molecule has 3 aromatic rings. The van der Waals surface area contributed by atoms with Crippen LogP contribution in [0.3, 0.4) is 0 Å². The maximum atomic E-state index is 4.48. The Labute approximate surface area is 117 Å². The summed E-state index contributed by atoms with van der Waals surface area (Å²) in [7, 11) is 3.97. The van der Waals surface area contributed by atoms with Crippen LogP contribution >= 0.6 is 0 Å². The Bertz CT molecular complexity index is 747. The first kappa shape index (κ1) is 12.6. The largest absolute Gasteiger partial charge is 0.366 e. The predicted octanol–water partition coefficient (Wildman–Crippen LogP) is 2.31. The van der Waals surface area contributed by atoms with Crippen molar-refractivity contribution in [3.63, 3.8) is 0 Å². The van der Waals surface area contributed by atoms with Gasteiger partial charge in [0.1, 0.15) is 12.2 Å². The molecule has 0 saturated heterocycles. The van der Waals surface area contributed by atoms with Crippen LogP contribution in [-0.2, 0) is 13.6 Å². The van der Waals surface area contributed by atoms with Crippen LogP contribution in [0.5, 0.6) is 0 Å². The van der Waals surface area contributed by atoms with Gasteiger partial charge in [-0.2, -0.15) is 5.10 Å². The summed E-state index contributed by atoms with van der Waals surface area (Å²) in [5, 5.41) is 5.27. The highest BCUT2D eigenvalue weighted by atomic mass is 15.3. The molecule has 2 aromatic heterocycles. The highest BCUT2D eigenvalue weighted by molar-refractivity contribution is 5.93. The van der Waals surface area contributed by atoms with E-state index >= 15 is 0 Å². The summed E-state index contributed by atoms with van der Waals surface area (Å²) in [6.07, 6.45) is 3.44. The molecule has 102 valence electrons. The van der Waals surface area contributed by atoms with Crippen LogP contribution in [0, 0.1) is 6.92 Å². The first-order valence-corrected chi connectivity index (χ1v) is 6.55. The van der Waals surface area contributed by atoms with Crippen LogP contribution < -0.4 is 4.90 Å². The maximum absolute atomic E-state index is 4.48. The number of aryl methyl sites for hydroxylation is 2. The molecule has 3 rings (SSSR count). The van der Waals surface area contributed by atoms with Crippen LogP contribution in [0.25, 0.3) is 10.9 Å². The lowest BCUT2D eigenvalue weighted by Crippen LogP contribution is -2.19. The summed E-state index contributed by atoms with van der Waals surface area (Å²) in [4.78, 5) is 10.9. The summed E-state index contributed by atoms with van der Waals surface area (Å²) in [5.74, 6) is 0.935. The van der Waals surface area contributed by atoms with Crippen LogP contribution in [0.1, 0.15) is 11.4 Å². The van der Waals surface area contributed by atoms with Gasteiger partial charge < -0.3 is 4.90 Å². The fourth-order valence-corrected chi connectivity index (χ4v) is 2.40. The molecule has 0 saturated carbocycles. The van der Waals surface area contributed by atoms with Crippen molar-refractivity contribution in [3.8, 4) is 0 Å². The Balaban J connectivity index is 2.02. The first-order chi connectivity index (χ1) is 9.66. The van der Waals surface area contributed by atoms with E-state index in [1.165, 1.54) is 5.56 Å². The van der Waals surface area contributed by atoms with Gasteiger partial charge in [0.15, 0.2) is 0 Å². The van der Waals surface area contributed by atoms with E-state index in [4.69, 9.17) is 0 Å². The molecule has 0 unspecified atom stereocenters. The van der Waals surface area contributed by atoms with Gasteiger partial charge in [-0.25, -0.2) is 4.98 Å². The van der Waals surface area contributed by atoms with Crippen molar-refractivity contribution in [2.24, 2.45) is 7.05 Å². The standard InChI is InChI=1S/C15H17N5/c1-11-5-4-6-12-13(7-8-16-15(11)12)19(2)9-14-17-10-18-20(14)3/h4-8,10H,9H2,1-3H3. The molecule has 0 aliphatic carbocycles. The normalized spacial score (nSPS) is 10.9. The van der Waals surface area contributed by atoms with Crippen LogP contribution in [-0.4, -0.2) is 26.8 Å². The van der Waals surface area contributed by atoms with Crippen molar-refractivity contribution in [2.75, 3.05) is 11.9 Å². The van der Waals surface area contributed by atoms with Gasteiger partial charge in [0.2, 0.25) is 0 Å². The van der Waals surface area contributed by atoms with Crippen molar-refractivity contribution >= 4 is 16.6 Å². The zero-order chi connectivity index (χ0) is 14.1. The van der Waals surface area contributed by atoms with Crippen molar-refractivity contribution in [1.29, 1.82) is 0 Å². The molecular formula is C15H17N5. The molecule has 0 aliphatic rings.